The van der Waals surface area contributed by atoms with E-state index in [2.05, 4.69) is 5.32 Å². The SMILES string of the molecule is O=C(CNc1cc(C(F)(F)F)ccc1Cl)c1cccc(S(=O)(=O)N2CCCCCC2)c1. The van der Waals surface area contributed by atoms with Gasteiger partial charge >= 0.3 is 6.18 Å². The van der Waals surface area contributed by atoms with Gasteiger partial charge < -0.3 is 5.32 Å². The van der Waals surface area contributed by atoms with E-state index in [-0.39, 0.29) is 27.7 Å². The number of hydrogen-bond donors (Lipinski definition) is 1. The number of benzene rings is 2. The van der Waals surface area contributed by atoms with Gasteiger partial charge in [0.1, 0.15) is 0 Å². The monoisotopic (exact) mass is 474 g/mol. The lowest BCUT2D eigenvalue weighted by atomic mass is 10.1. The lowest BCUT2D eigenvalue weighted by Gasteiger charge is -2.20. The van der Waals surface area contributed by atoms with Gasteiger partial charge in [0.25, 0.3) is 0 Å². The Morgan fingerprint density at radius 2 is 1.71 bits per heavy atom. The van der Waals surface area contributed by atoms with Gasteiger partial charge in [-0.15, -0.1) is 0 Å². The highest BCUT2D eigenvalue weighted by Gasteiger charge is 2.31. The molecule has 0 spiro atoms. The molecule has 0 radical (unpaired) electrons. The van der Waals surface area contributed by atoms with Crippen molar-refractivity contribution in [2.24, 2.45) is 0 Å². The maximum Gasteiger partial charge on any atom is 0.416 e. The highest BCUT2D eigenvalue weighted by atomic mass is 35.5. The first kappa shape index (κ1) is 23.6. The zero-order valence-electron chi connectivity index (χ0n) is 16.6. The molecule has 10 heteroatoms. The van der Waals surface area contributed by atoms with Gasteiger partial charge in [-0.05, 0) is 43.2 Å². The van der Waals surface area contributed by atoms with Gasteiger partial charge in [-0.2, -0.15) is 17.5 Å². The van der Waals surface area contributed by atoms with Crippen LogP contribution in [-0.2, 0) is 16.2 Å². The van der Waals surface area contributed by atoms with Crippen LogP contribution in [0.4, 0.5) is 18.9 Å². The average molecular weight is 475 g/mol. The first-order chi connectivity index (χ1) is 14.6. The molecular weight excluding hydrogens is 453 g/mol. The van der Waals surface area contributed by atoms with Crippen molar-refractivity contribution in [3.63, 3.8) is 0 Å². The Bertz CT molecular complexity index is 1050. The highest BCUT2D eigenvalue weighted by Crippen LogP contribution is 2.33. The van der Waals surface area contributed by atoms with E-state index in [1.54, 1.807) is 0 Å². The minimum Gasteiger partial charge on any atom is -0.376 e. The Balaban J connectivity index is 1.75. The zero-order chi connectivity index (χ0) is 22.6. The van der Waals surface area contributed by atoms with Crippen LogP contribution in [0.2, 0.25) is 5.02 Å². The lowest BCUT2D eigenvalue weighted by molar-refractivity contribution is -0.137. The minimum absolute atomic E-state index is 0.0253. The number of anilines is 1. The van der Waals surface area contributed by atoms with Gasteiger partial charge in [-0.1, -0.05) is 36.6 Å². The number of alkyl halides is 3. The first-order valence-corrected chi connectivity index (χ1v) is 11.6. The number of sulfonamides is 1. The molecular formula is C21H22ClF3N2O3S. The molecule has 1 N–H and O–H groups in total. The Morgan fingerprint density at radius 1 is 1.03 bits per heavy atom. The van der Waals surface area contributed by atoms with Gasteiger partial charge in [0.05, 0.1) is 27.7 Å². The summed E-state index contributed by atoms with van der Waals surface area (Å²) < 4.78 is 66.0. The number of hydrogen-bond acceptors (Lipinski definition) is 4. The van der Waals surface area contributed by atoms with Crippen LogP contribution in [0.15, 0.2) is 47.4 Å². The minimum atomic E-state index is -4.54. The molecule has 1 saturated heterocycles. The van der Waals surface area contributed by atoms with Gasteiger partial charge in [0.2, 0.25) is 10.0 Å². The van der Waals surface area contributed by atoms with Crippen molar-refractivity contribution in [1.29, 1.82) is 0 Å². The molecule has 31 heavy (non-hydrogen) atoms. The lowest BCUT2D eigenvalue weighted by Crippen LogP contribution is -2.32. The van der Waals surface area contributed by atoms with Gasteiger partial charge in [0.15, 0.2) is 5.78 Å². The van der Waals surface area contributed by atoms with Crippen molar-refractivity contribution in [1.82, 2.24) is 4.31 Å². The molecule has 1 fully saturated rings. The number of carbonyl (C=O) groups is 1. The van der Waals surface area contributed by atoms with Crippen LogP contribution < -0.4 is 5.32 Å². The third-order valence-electron chi connectivity index (χ3n) is 5.09. The van der Waals surface area contributed by atoms with Gasteiger partial charge in [0, 0.05) is 18.7 Å². The second kappa shape index (κ2) is 9.58. The molecule has 0 aromatic heterocycles. The molecule has 2 aromatic carbocycles. The smallest absolute Gasteiger partial charge is 0.376 e. The third kappa shape index (κ3) is 5.78. The summed E-state index contributed by atoms with van der Waals surface area (Å²) in [6, 6.07) is 8.48. The van der Waals surface area contributed by atoms with E-state index in [9.17, 15) is 26.4 Å². The molecule has 5 nitrogen and oxygen atoms in total. The van der Waals surface area contributed by atoms with Crippen LogP contribution in [0.3, 0.4) is 0 Å². The van der Waals surface area contributed by atoms with Crippen molar-refractivity contribution in [2.45, 2.75) is 36.8 Å². The Hall–Kier alpha value is -2.10. The van der Waals surface area contributed by atoms with Crippen LogP contribution in [0.5, 0.6) is 0 Å². The van der Waals surface area contributed by atoms with Crippen LogP contribution in [0, 0.1) is 0 Å². The van der Waals surface area contributed by atoms with Crippen molar-refractivity contribution in [3.8, 4) is 0 Å². The molecule has 1 aliphatic rings. The molecule has 3 rings (SSSR count). The Labute approximate surface area is 184 Å². The molecule has 0 saturated carbocycles. The number of carbonyl (C=O) groups excluding carboxylic acids is 1. The number of rotatable bonds is 6. The standard InChI is InChI=1S/C21H22ClF3N2O3S/c22-18-9-8-16(21(23,24)25)13-19(18)26-14-20(28)15-6-5-7-17(12-15)31(29,30)27-10-3-1-2-4-11-27/h5-9,12-13,26H,1-4,10-11,14H2. The fourth-order valence-corrected chi connectivity index (χ4v) is 5.12. The maximum absolute atomic E-state index is 12.9. The van der Waals surface area contributed by atoms with E-state index < -0.39 is 27.5 Å². The second-order valence-corrected chi connectivity index (χ2v) is 9.66. The van der Waals surface area contributed by atoms with Crippen molar-refractivity contribution >= 4 is 33.1 Å². The quantitative estimate of drug-likeness (QED) is 0.583. The summed E-state index contributed by atoms with van der Waals surface area (Å²) in [6.45, 7) is 0.542. The largest absolute Gasteiger partial charge is 0.416 e. The topological polar surface area (TPSA) is 66.5 Å². The molecule has 0 atom stereocenters. The van der Waals surface area contributed by atoms with Crippen LogP contribution in [0.1, 0.15) is 41.6 Å². The molecule has 168 valence electrons. The molecule has 2 aromatic rings. The first-order valence-electron chi connectivity index (χ1n) is 9.83. The van der Waals surface area contributed by atoms with Crippen molar-refractivity contribution in [2.75, 3.05) is 25.0 Å². The molecule has 0 unspecified atom stereocenters. The van der Waals surface area contributed by atoms with E-state index in [0.29, 0.717) is 13.1 Å². The summed E-state index contributed by atoms with van der Waals surface area (Å²) in [7, 11) is -3.72. The number of Topliss-reactive ketones (excluding diaryl/α,β-unsaturated/α-hetero) is 1. The number of halogens is 4. The van der Waals surface area contributed by atoms with Crippen molar-refractivity contribution in [3.05, 3.63) is 58.6 Å². The van der Waals surface area contributed by atoms with E-state index in [0.717, 1.165) is 43.9 Å². The second-order valence-electron chi connectivity index (χ2n) is 7.32. The summed E-state index contributed by atoms with van der Waals surface area (Å²) in [6.07, 6.45) is -0.997. The number of nitrogens with one attached hydrogen (secondary N) is 1. The average Bonchev–Trinajstić information content (AvgIpc) is 3.02. The predicted molar refractivity (Wildman–Crippen MR) is 113 cm³/mol. The van der Waals surface area contributed by atoms with Crippen molar-refractivity contribution < 1.29 is 26.4 Å². The number of ketones is 1. The van der Waals surface area contributed by atoms with E-state index >= 15 is 0 Å². The van der Waals surface area contributed by atoms with E-state index in [1.807, 2.05) is 0 Å². The fourth-order valence-electron chi connectivity index (χ4n) is 3.38. The summed E-state index contributed by atoms with van der Waals surface area (Å²) >= 11 is 5.93. The van der Waals surface area contributed by atoms with Crippen LogP contribution in [-0.4, -0.2) is 38.1 Å². The summed E-state index contributed by atoms with van der Waals surface area (Å²) in [4.78, 5) is 12.6. The summed E-state index contributed by atoms with van der Waals surface area (Å²) in [5, 5.41) is 2.65. The molecule has 0 aliphatic carbocycles. The highest BCUT2D eigenvalue weighted by molar-refractivity contribution is 7.89. The summed E-state index contributed by atoms with van der Waals surface area (Å²) in [5.74, 6) is -0.471. The van der Waals surface area contributed by atoms with Crippen LogP contribution >= 0.6 is 11.6 Å². The molecule has 1 heterocycles. The summed E-state index contributed by atoms with van der Waals surface area (Å²) in [5.41, 5.74) is -0.776. The fraction of sp³-hybridized carbons (Fsp3) is 0.381. The van der Waals surface area contributed by atoms with E-state index in [1.165, 1.54) is 28.6 Å². The van der Waals surface area contributed by atoms with Gasteiger partial charge in [-0.3, -0.25) is 4.79 Å². The predicted octanol–water partition coefficient (Wildman–Crippen LogP) is 5.22. The molecule has 0 amide bonds. The van der Waals surface area contributed by atoms with E-state index in [4.69, 9.17) is 11.6 Å². The van der Waals surface area contributed by atoms with Gasteiger partial charge in [-0.25, -0.2) is 8.42 Å². The Kier molecular flexibility index (Phi) is 7.28. The van der Waals surface area contributed by atoms with Crippen LogP contribution in [0.25, 0.3) is 0 Å². The zero-order valence-corrected chi connectivity index (χ0v) is 18.2. The Morgan fingerprint density at radius 3 is 2.35 bits per heavy atom. The third-order valence-corrected chi connectivity index (χ3v) is 7.32. The maximum atomic E-state index is 12.9. The number of nitrogens with zero attached hydrogens (tertiary/aromatic N) is 1. The normalized spacial score (nSPS) is 16.0. The molecule has 0 bridgehead atoms. The molecule has 1 aliphatic heterocycles.